The number of aromatic nitrogens is 3. The number of imidazole rings is 1. The molecule has 2 heterocycles. The first-order chi connectivity index (χ1) is 10.2. The zero-order valence-electron chi connectivity index (χ0n) is 11.4. The van der Waals surface area contributed by atoms with Crippen molar-refractivity contribution in [3.8, 4) is 0 Å². The SMILES string of the molecule is CNC(=O)c1cnc(Sc2ncc(C(F)(F)F)cc2Cl)n1C. The molecule has 1 N–H and O–H groups in total. The van der Waals surface area contributed by atoms with E-state index in [1.165, 1.54) is 17.8 Å². The highest BCUT2D eigenvalue weighted by Crippen LogP contribution is 2.35. The van der Waals surface area contributed by atoms with Crippen LogP contribution < -0.4 is 5.32 Å². The summed E-state index contributed by atoms with van der Waals surface area (Å²) in [7, 11) is 3.09. The highest BCUT2D eigenvalue weighted by molar-refractivity contribution is 7.99. The number of amides is 1. The number of halogens is 4. The molecule has 0 saturated carbocycles. The fourth-order valence-electron chi connectivity index (χ4n) is 1.57. The average Bonchev–Trinajstić information content (AvgIpc) is 2.80. The maximum Gasteiger partial charge on any atom is 0.417 e. The van der Waals surface area contributed by atoms with Gasteiger partial charge in [-0.2, -0.15) is 13.2 Å². The zero-order chi connectivity index (χ0) is 16.5. The predicted molar refractivity (Wildman–Crippen MR) is 75.0 cm³/mol. The first kappa shape index (κ1) is 16.6. The highest BCUT2D eigenvalue weighted by atomic mass is 35.5. The van der Waals surface area contributed by atoms with E-state index in [1.807, 2.05) is 0 Å². The molecule has 0 bridgehead atoms. The Bertz CT molecular complexity index is 717. The maximum atomic E-state index is 12.6. The van der Waals surface area contributed by atoms with E-state index in [1.54, 1.807) is 7.05 Å². The Morgan fingerprint density at radius 3 is 2.59 bits per heavy atom. The Kier molecular flexibility index (Phi) is 4.66. The van der Waals surface area contributed by atoms with Crippen molar-refractivity contribution in [1.29, 1.82) is 0 Å². The summed E-state index contributed by atoms with van der Waals surface area (Å²) in [4.78, 5) is 19.3. The predicted octanol–water partition coefficient (Wildman–Crippen LogP) is 3.00. The lowest BCUT2D eigenvalue weighted by atomic mass is 10.3. The third kappa shape index (κ3) is 3.36. The number of nitrogens with one attached hydrogen (secondary N) is 1. The van der Waals surface area contributed by atoms with Crippen molar-refractivity contribution in [1.82, 2.24) is 19.9 Å². The van der Waals surface area contributed by atoms with Crippen LogP contribution in [-0.4, -0.2) is 27.5 Å². The van der Waals surface area contributed by atoms with Gasteiger partial charge in [0, 0.05) is 20.3 Å². The fraction of sp³-hybridized carbons (Fsp3) is 0.250. The Labute approximate surface area is 132 Å². The van der Waals surface area contributed by atoms with Crippen molar-refractivity contribution in [3.05, 3.63) is 34.7 Å². The van der Waals surface area contributed by atoms with Gasteiger partial charge in [0.25, 0.3) is 5.91 Å². The van der Waals surface area contributed by atoms with Gasteiger partial charge in [0.15, 0.2) is 5.16 Å². The monoisotopic (exact) mass is 350 g/mol. The van der Waals surface area contributed by atoms with Gasteiger partial charge in [0.1, 0.15) is 10.7 Å². The largest absolute Gasteiger partial charge is 0.417 e. The van der Waals surface area contributed by atoms with Crippen LogP contribution in [0, 0.1) is 0 Å². The number of rotatable bonds is 3. The smallest absolute Gasteiger partial charge is 0.354 e. The summed E-state index contributed by atoms with van der Waals surface area (Å²) in [6.45, 7) is 0. The maximum absolute atomic E-state index is 12.6. The summed E-state index contributed by atoms with van der Waals surface area (Å²) in [5.41, 5.74) is -0.610. The lowest BCUT2D eigenvalue weighted by molar-refractivity contribution is -0.137. The van der Waals surface area contributed by atoms with Crippen LogP contribution in [0.15, 0.2) is 28.6 Å². The van der Waals surface area contributed by atoms with Crippen LogP contribution in [0.1, 0.15) is 16.1 Å². The van der Waals surface area contributed by atoms with E-state index in [0.717, 1.165) is 17.8 Å². The first-order valence-electron chi connectivity index (χ1n) is 5.88. The van der Waals surface area contributed by atoms with Gasteiger partial charge in [-0.05, 0) is 17.8 Å². The summed E-state index contributed by atoms with van der Waals surface area (Å²) < 4.78 is 39.2. The van der Waals surface area contributed by atoms with E-state index in [-0.39, 0.29) is 16.0 Å². The molecule has 1 amide bonds. The second-order valence-electron chi connectivity index (χ2n) is 4.17. The number of nitrogens with zero attached hydrogens (tertiary/aromatic N) is 3. The number of carbonyl (C=O) groups excluding carboxylic acids is 1. The molecule has 0 aliphatic carbocycles. The summed E-state index contributed by atoms with van der Waals surface area (Å²) in [6.07, 6.45) is -2.44. The molecule has 0 aliphatic rings. The number of pyridine rings is 1. The van der Waals surface area contributed by atoms with Gasteiger partial charge in [0.05, 0.1) is 16.8 Å². The highest BCUT2D eigenvalue weighted by Gasteiger charge is 2.31. The molecule has 0 spiro atoms. The van der Waals surface area contributed by atoms with Gasteiger partial charge in [-0.15, -0.1) is 0 Å². The Morgan fingerprint density at radius 2 is 2.05 bits per heavy atom. The molecule has 22 heavy (non-hydrogen) atoms. The van der Waals surface area contributed by atoms with E-state index in [0.29, 0.717) is 17.0 Å². The van der Waals surface area contributed by atoms with Crippen LogP contribution in [0.2, 0.25) is 5.02 Å². The Morgan fingerprint density at radius 1 is 1.36 bits per heavy atom. The van der Waals surface area contributed by atoms with Crippen molar-refractivity contribution in [2.45, 2.75) is 16.4 Å². The normalized spacial score (nSPS) is 11.5. The zero-order valence-corrected chi connectivity index (χ0v) is 13.0. The van der Waals surface area contributed by atoms with Crippen molar-refractivity contribution >= 4 is 29.3 Å². The first-order valence-corrected chi connectivity index (χ1v) is 7.08. The molecule has 10 heteroatoms. The average molecular weight is 351 g/mol. The second-order valence-corrected chi connectivity index (χ2v) is 5.54. The minimum atomic E-state index is -4.50. The third-order valence-corrected chi connectivity index (χ3v) is 4.21. The fourth-order valence-corrected chi connectivity index (χ4v) is 2.63. The van der Waals surface area contributed by atoms with Crippen molar-refractivity contribution in [2.75, 3.05) is 7.05 Å². The van der Waals surface area contributed by atoms with Gasteiger partial charge in [0.2, 0.25) is 0 Å². The van der Waals surface area contributed by atoms with Gasteiger partial charge in [-0.1, -0.05) is 11.6 Å². The molecule has 0 radical (unpaired) electrons. The molecule has 0 saturated heterocycles. The third-order valence-electron chi connectivity index (χ3n) is 2.73. The topological polar surface area (TPSA) is 59.8 Å². The van der Waals surface area contributed by atoms with Gasteiger partial charge >= 0.3 is 6.18 Å². The number of alkyl halides is 3. The van der Waals surface area contributed by atoms with Crippen molar-refractivity contribution in [2.24, 2.45) is 7.05 Å². The summed E-state index contributed by atoms with van der Waals surface area (Å²) in [6, 6.07) is 0.805. The summed E-state index contributed by atoms with van der Waals surface area (Å²) in [5, 5.41) is 2.88. The van der Waals surface area contributed by atoms with Crippen molar-refractivity contribution < 1.29 is 18.0 Å². The van der Waals surface area contributed by atoms with E-state index in [9.17, 15) is 18.0 Å². The molecule has 0 fully saturated rings. The second kappa shape index (κ2) is 6.17. The van der Waals surface area contributed by atoms with Crippen LogP contribution in [0.5, 0.6) is 0 Å². The Balaban J connectivity index is 2.29. The van der Waals surface area contributed by atoms with Crippen LogP contribution >= 0.6 is 23.4 Å². The van der Waals surface area contributed by atoms with Crippen LogP contribution in [0.25, 0.3) is 0 Å². The minimum absolute atomic E-state index is 0.135. The molecule has 118 valence electrons. The Hall–Kier alpha value is -1.74. The molecule has 2 aromatic heterocycles. The number of hydrogen-bond acceptors (Lipinski definition) is 4. The number of carbonyl (C=O) groups is 1. The molecule has 0 aromatic carbocycles. The molecular formula is C12H10ClF3N4OS. The molecule has 0 atom stereocenters. The molecule has 2 aromatic rings. The summed E-state index contributed by atoms with van der Waals surface area (Å²) in [5.74, 6) is -0.326. The van der Waals surface area contributed by atoms with E-state index < -0.39 is 11.7 Å². The van der Waals surface area contributed by atoms with Gasteiger partial charge in [-0.25, -0.2) is 9.97 Å². The molecule has 0 aliphatic heterocycles. The van der Waals surface area contributed by atoms with Crippen LogP contribution in [-0.2, 0) is 13.2 Å². The number of hydrogen-bond donors (Lipinski definition) is 1. The van der Waals surface area contributed by atoms with E-state index in [2.05, 4.69) is 15.3 Å². The molecule has 2 rings (SSSR count). The lowest BCUT2D eigenvalue weighted by Crippen LogP contribution is -2.20. The molecule has 5 nitrogen and oxygen atoms in total. The lowest BCUT2D eigenvalue weighted by Gasteiger charge is -2.09. The molecular weight excluding hydrogens is 341 g/mol. The van der Waals surface area contributed by atoms with Crippen LogP contribution in [0.4, 0.5) is 13.2 Å². The standard InChI is InChI=1S/C12H10ClF3N4OS/c1-17-9(21)8-5-19-11(20(8)2)22-10-7(13)3-6(4-18-10)12(14,15)16/h3-5H,1-2H3,(H,17,21). The minimum Gasteiger partial charge on any atom is -0.354 e. The molecule has 0 unspecified atom stereocenters. The van der Waals surface area contributed by atoms with Crippen LogP contribution in [0.3, 0.4) is 0 Å². The van der Waals surface area contributed by atoms with E-state index in [4.69, 9.17) is 11.6 Å². The van der Waals surface area contributed by atoms with E-state index >= 15 is 0 Å². The summed E-state index contributed by atoms with van der Waals surface area (Å²) >= 11 is 6.81. The van der Waals surface area contributed by atoms with Crippen molar-refractivity contribution in [3.63, 3.8) is 0 Å². The van der Waals surface area contributed by atoms with Gasteiger partial charge in [-0.3, -0.25) is 4.79 Å². The van der Waals surface area contributed by atoms with Gasteiger partial charge < -0.3 is 9.88 Å². The quantitative estimate of drug-likeness (QED) is 0.924.